The lowest BCUT2D eigenvalue weighted by Crippen LogP contribution is -2.15. The molecular formula is C17H16N2O5. The van der Waals surface area contributed by atoms with E-state index in [-0.39, 0.29) is 29.5 Å². The number of amides is 1. The molecule has 24 heavy (non-hydrogen) atoms. The minimum absolute atomic E-state index is 0.0964. The Labute approximate surface area is 138 Å². The van der Waals surface area contributed by atoms with Crippen LogP contribution in [-0.2, 0) is 9.53 Å². The number of nitrogens with zero attached hydrogens (tertiary/aromatic N) is 1. The number of pyridine rings is 1. The van der Waals surface area contributed by atoms with Crippen LogP contribution in [0.1, 0.15) is 22.8 Å². The number of anilines is 1. The predicted octanol–water partition coefficient (Wildman–Crippen LogP) is 2.32. The van der Waals surface area contributed by atoms with Crippen LogP contribution in [0.5, 0.6) is 11.5 Å². The molecule has 0 saturated carbocycles. The fourth-order valence-corrected chi connectivity index (χ4v) is 1.85. The molecule has 0 fully saturated rings. The summed E-state index contributed by atoms with van der Waals surface area (Å²) in [6, 6.07) is 7.22. The fourth-order valence-electron chi connectivity index (χ4n) is 1.85. The first-order valence-corrected chi connectivity index (χ1v) is 7.14. The Kier molecular flexibility index (Phi) is 5.51. The zero-order valence-corrected chi connectivity index (χ0v) is 12.9. The van der Waals surface area contributed by atoms with Gasteiger partial charge < -0.3 is 20.3 Å². The Morgan fingerprint density at radius 3 is 2.75 bits per heavy atom. The number of hydrogen-bond acceptors (Lipinski definition) is 6. The number of hydrogen-bond donors (Lipinski definition) is 3. The highest BCUT2D eigenvalue weighted by atomic mass is 16.5. The molecule has 7 nitrogen and oxygen atoms in total. The van der Waals surface area contributed by atoms with Crippen LogP contribution in [0.2, 0.25) is 0 Å². The molecular weight excluding hydrogens is 312 g/mol. The highest BCUT2D eigenvalue weighted by molar-refractivity contribution is 6.05. The number of nitrogens with one attached hydrogen (secondary N) is 1. The van der Waals surface area contributed by atoms with Gasteiger partial charge in [-0.25, -0.2) is 9.78 Å². The Morgan fingerprint density at radius 2 is 2.04 bits per heavy atom. The zero-order valence-electron chi connectivity index (χ0n) is 12.9. The standard InChI is InChI=1S/C17H16N2O5/c1-2-24-17(23)12-4-3-9-18-16(12)19-15(22)8-6-11-5-7-13(20)14(21)10-11/h3-10,20-21H,2H2,1H3,(H,18,19,22). The molecule has 124 valence electrons. The van der Waals surface area contributed by atoms with Gasteiger partial charge in [0.15, 0.2) is 11.5 Å². The number of carbonyl (C=O) groups is 2. The number of aromatic nitrogens is 1. The van der Waals surface area contributed by atoms with Gasteiger partial charge in [-0.2, -0.15) is 0 Å². The van der Waals surface area contributed by atoms with Crippen molar-refractivity contribution in [1.82, 2.24) is 4.98 Å². The van der Waals surface area contributed by atoms with Crippen molar-refractivity contribution in [2.24, 2.45) is 0 Å². The van der Waals surface area contributed by atoms with Gasteiger partial charge in [-0.1, -0.05) is 6.07 Å². The van der Waals surface area contributed by atoms with Gasteiger partial charge in [0.25, 0.3) is 0 Å². The molecule has 0 radical (unpaired) electrons. The van der Waals surface area contributed by atoms with Crippen molar-refractivity contribution in [2.45, 2.75) is 6.92 Å². The van der Waals surface area contributed by atoms with Crippen LogP contribution in [-0.4, -0.2) is 33.7 Å². The van der Waals surface area contributed by atoms with Crippen LogP contribution >= 0.6 is 0 Å². The van der Waals surface area contributed by atoms with Crippen LogP contribution in [0.4, 0.5) is 5.82 Å². The molecule has 3 N–H and O–H groups in total. The van der Waals surface area contributed by atoms with E-state index in [0.717, 1.165) is 0 Å². The molecule has 2 rings (SSSR count). The monoisotopic (exact) mass is 328 g/mol. The van der Waals surface area contributed by atoms with Crippen molar-refractivity contribution in [3.63, 3.8) is 0 Å². The van der Waals surface area contributed by atoms with Gasteiger partial charge in [0, 0.05) is 12.3 Å². The molecule has 0 atom stereocenters. The molecule has 0 aliphatic carbocycles. The molecule has 1 heterocycles. The van der Waals surface area contributed by atoms with Crippen molar-refractivity contribution < 1.29 is 24.5 Å². The number of rotatable bonds is 5. The van der Waals surface area contributed by atoms with E-state index in [1.165, 1.54) is 42.6 Å². The molecule has 1 aromatic heterocycles. The SMILES string of the molecule is CCOC(=O)c1cccnc1NC(=O)C=Cc1ccc(O)c(O)c1. The Balaban J connectivity index is 2.11. The van der Waals surface area contributed by atoms with Crippen molar-refractivity contribution in [3.8, 4) is 11.5 Å². The number of benzene rings is 1. The summed E-state index contributed by atoms with van der Waals surface area (Å²) in [5, 5.41) is 21.1. The molecule has 7 heteroatoms. The predicted molar refractivity (Wildman–Crippen MR) is 87.6 cm³/mol. The molecule has 1 aromatic carbocycles. The van der Waals surface area contributed by atoms with Gasteiger partial charge in [0.05, 0.1) is 6.61 Å². The maximum Gasteiger partial charge on any atom is 0.341 e. The molecule has 0 aliphatic rings. The van der Waals surface area contributed by atoms with Crippen LogP contribution < -0.4 is 5.32 Å². The van der Waals surface area contributed by atoms with Crippen LogP contribution in [0.15, 0.2) is 42.6 Å². The smallest absolute Gasteiger partial charge is 0.341 e. The first-order valence-electron chi connectivity index (χ1n) is 7.14. The summed E-state index contributed by atoms with van der Waals surface area (Å²) in [5.74, 6) is -1.52. The van der Waals surface area contributed by atoms with Crippen LogP contribution in [0.25, 0.3) is 6.08 Å². The van der Waals surface area contributed by atoms with Gasteiger partial charge in [-0.05, 0) is 42.8 Å². The minimum Gasteiger partial charge on any atom is -0.504 e. The van der Waals surface area contributed by atoms with E-state index in [1.54, 1.807) is 13.0 Å². The summed E-state index contributed by atoms with van der Waals surface area (Å²) in [6.07, 6.45) is 4.11. The van der Waals surface area contributed by atoms with E-state index in [9.17, 15) is 19.8 Å². The number of esters is 1. The first-order chi connectivity index (χ1) is 11.5. The van der Waals surface area contributed by atoms with Crippen LogP contribution in [0.3, 0.4) is 0 Å². The normalized spacial score (nSPS) is 10.5. The van der Waals surface area contributed by atoms with Gasteiger partial charge in [0.2, 0.25) is 5.91 Å². The second-order valence-electron chi connectivity index (χ2n) is 4.69. The Hall–Kier alpha value is -3.35. The molecule has 0 saturated heterocycles. The van der Waals surface area contributed by atoms with Gasteiger partial charge >= 0.3 is 5.97 Å². The maximum absolute atomic E-state index is 12.0. The van der Waals surface area contributed by atoms with Crippen molar-refractivity contribution in [3.05, 3.63) is 53.7 Å². The second-order valence-corrected chi connectivity index (χ2v) is 4.69. The third-order valence-corrected chi connectivity index (χ3v) is 2.97. The minimum atomic E-state index is -0.576. The van der Waals surface area contributed by atoms with E-state index < -0.39 is 11.9 Å². The van der Waals surface area contributed by atoms with E-state index in [1.807, 2.05) is 0 Å². The number of aromatic hydroxyl groups is 2. The highest BCUT2D eigenvalue weighted by Crippen LogP contribution is 2.25. The summed E-state index contributed by atoms with van der Waals surface area (Å²) in [4.78, 5) is 27.7. The highest BCUT2D eigenvalue weighted by Gasteiger charge is 2.14. The lowest BCUT2D eigenvalue weighted by atomic mass is 10.2. The zero-order chi connectivity index (χ0) is 17.5. The number of phenolic OH excluding ortho intramolecular Hbond substituents is 2. The summed E-state index contributed by atoms with van der Waals surface area (Å²) < 4.78 is 4.90. The van der Waals surface area contributed by atoms with Crippen molar-refractivity contribution >= 4 is 23.8 Å². The molecule has 2 aromatic rings. The maximum atomic E-state index is 12.0. The topological polar surface area (TPSA) is 109 Å². The molecule has 0 spiro atoms. The lowest BCUT2D eigenvalue weighted by Gasteiger charge is -2.07. The van der Waals surface area contributed by atoms with E-state index in [4.69, 9.17) is 4.74 Å². The quantitative estimate of drug-likeness (QED) is 0.441. The molecule has 0 bridgehead atoms. The van der Waals surface area contributed by atoms with Crippen molar-refractivity contribution in [2.75, 3.05) is 11.9 Å². The fraction of sp³-hybridized carbons (Fsp3) is 0.118. The van der Waals surface area contributed by atoms with Gasteiger partial charge in [-0.3, -0.25) is 4.79 Å². The molecule has 0 aliphatic heterocycles. The number of carbonyl (C=O) groups excluding carboxylic acids is 2. The average molecular weight is 328 g/mol. The lowest BCUT2D eigenvalue weighted by molar-refractivity contribution is -0.111. The second kappa shape index (κ2) is 7.77. The third kappa shape index (κ3) is 4.33. The van der Waals surface area contributed by atoms with Gasteiger partial charge in [-0.15, -0.1) is 0 Å². The first kappa shape index (κ1) is 17.0. The summed E-state index contributed by atoms with van der Waals surface area (Å²) >= 11 is 0. The van der Waals surface area contributed by atoms with E-state index in [2.05, 4.69) is 10.3 Å². The molecule has 1 amide bonds. The largest absolute Gasteiger partial charge is 0.504 e. The summed E-state index contributed by atoms with van der Waals surface area (Å²) in [5.41, 5.74) is 0.676. The van der Waals surface area contributed by atoms with Crippen LogP contribution in [0, 0.1) is 0 Å². The Bertz CT molecular complexity index is 786. The number of ether oxygens (including phenoxy) is 1. The molecule has 0 unspecified atom stereocenters. The third-order valence-electron chi connectivity index (χ3n) is 2.97. The summed E-state index contributed by atoms with van der Waals surface area (Å²) in [6.45, 7) is 1.90. The summed E-state index contributed by atoms with van der Waals surface area (Å²) in [7, 11) is 0. The number of phenols is 2. The van der Waals surface area contributed by atoms with Gasteiger partial charge in [0.1, 0.15) is 11.4 Å². The van der Waals surface area contributed by atoms with E-state index in [0.29, 0.717) is 5.56 Å². The van der Waals surface area contributed by atoms with E-state index >= 15 is 0 Å². The van der Waals surface area contributed by atoms with Crippen molar-refractivity contribution in [1.29, 1.82) is 0 Å². The Morgan fingerprint density at radius 1 is 1.25 bits per heavy atom. The average Bonchev–Trinajstić information content (AvgIpc) is 2.56.